The molecule has 0 saturated carbocycles. The quantitative estimate of drug-likeness (QED) is 0.453. The molecule has 0 aliphatic carbocycles. The van der Waals surface area contributed by atoms with Crippen molar-refractivity contribution in [1.29, 1.82) is 0 Å². The van der Waals surface area contributed by atoms with E-state index in [1.54, 1.807) is 0 Å². The van der Waals surface area contributed by atoms with E-state index in [1.807, 2.05) is 0 Å². The van der Waals surface area contributed by atoms with Crippen LogP contribution in [0.15, 0.2) is 24.3 Å². The lowest BCUT2D eigenvalue weighted by Crippen LogP contribution is -2.41. The molecule has 0 unspecified atom stereocenters. The van der Waals surface area contributed by atoms with E-state index in [0.29, 0.717) is 10.9 Å². The van der Waals surface area contributed by atoms with Crippen LogP contribution in [-0.2, 0) is 0 Å². The van der Waals surface area contributed by atoms with Crippen LogP contribution in [0.4, 0.5) is 22.0 Å². The summed E-state index contributed by atoms with van der Waals surface area (Å²) >= 11 is 3.06. The summed E-state index contributed by atoms with van der Waals surface area (Å²) in [6, 6.07) is 4.57. The molecule has 0 fully saturated rings. The Bertz CT molecular complexity index is 455. The lowest BCUT2D eigenvalue weighted by Gasteiger charge is -2.20. The van der Waals surface area contributed by atoms with Gasteiger partial charge in [0.2, 0.25) is 0 Å². The van der Waals surface area contributed by atoms with Crippen LogP contribution in [0.25, 0.3) is 0 Å². The van der Waals surface area contributed by atoms with Gasteiger partial charge in [0.1, 0.15) is 5.75 Å². The highest BCUT2D eigenvalue weighted by atomic mass is 79.9. The van der Waals surface area contributed by atoms with Crippen LogP contribution < -0.4 is 4.74 Å². The Balaban J connectivity index is 2.81. The van der Waals surface area contributed by atoms with Crippen molar-refractivity contribution in [1.82, 2.24) is 0 Å². The topological polar surface area (TPSA) is 9.23 Å². The van der Waals surface area contributed by atoms with E-state index in [-0.39, 0.29) is 0 Å². The Labute approximate surface area is 108 Å². The van der Waals surface area contributed by atoms with Crippen LogP contribution in [0.5, 0.6) is 5.75 Å². The average molecular weight is 329 g/mol. The number of halogens is 6. The first-order valence-corrected chi connectivity index (χ1v) is 5.67. The van der Waals surface area contributed by atoms with Crippen LogP contribution in [0.1, 0.15) is 5.56 Å². The number of ether oxygens (including phenoxy) is 1. The highest BCUT2D eigenvalue weighted by Crippen LogP contribution is 2.37. The Morgan fingerprint density at radius 3 is 2.06 bits per heavy atom. The third-order valence-electron chi connectivity index (χ3n) is 1.73. The van der Waals surface area contributed by atoms with Gasteiger partial charge in [-0.25, -0.2) is 0 Å². The molecule has 0 aromatic heterocycles. The molecule has 0 aliphatic rings. The van der Waals surface area contributed by atoms with E-state index >= 15 is 0 Å². The van der Waals surface area contributed by atoms with Gasteiger partial charge < -0.3 is 4.74 Å². The lowest BCUT2D eigenvalue weighted by atomic mass is 10.2. The van der Waals surface area contributed by atoms with Crippen LogP contribution in [0, 0.1) is 11.8 Å². The molecule has 0 N–H and O–H groups in total. The van der Waals surface area contributed by atoms with E-state index in [9.17, 15) is 22.0 Å². The molecule has 98 valence electrons. The van der Waals surface area contributed by atoms with E-state index in [2.05, 4.69) is 32.5 Å². The van der Waals surface area contributed by atoms with Crippen LogP contribution in [0.2, 0.25) is 0 Å². The molecule has 0 amide bonds. The summed E-state index contributed by atoms with van der Waals surface area (Å²) in [5.74, 6) is 4.72. The Kier molecular flexibility index (Phi) is 4.57. The van der Waals surface area contributed by atoms with Crippen molar-refractivity contribution >= 4 is 15.9 Å². The summed E-state index contributed by atoms with van der Waals surface area (Å²) < 4.78 is 64.3. The molecule has 0 heterocycles. The smallest absolute Gasteiger partial charge is 0.426 e. The van der Waals surface area contributed by atoms with Crippen LogP contribution >= 0.6 is 15.9 Å². The van der Waals surface area contributed by atoms with Gasteiger partial charge in [0.15, 0.2) is 0 Å². The molecule has 0 bridgehead atoms. The minimum Gasteiger partial charge on any atom is -0.426 e. The fraction of sp³-hybridized carbons (Fsp3) is 0.273. The van der Waals surface area contributed by atoms with E-state index in [4.69, 9.17) is 0 Å². The van der Waals surface area contributed by atoms with Crippen molar-refractivity contribution in [3.8, 4) is 17.6 Å². The SMILES string of the molecule is FC(F)(F)C(F)(F)Oc1ccc(C#CCBr)cc1. The zero-order chi connectivity index (χ0) is 13.8. The fourth-order valence-corrected chi connectivity index (χ4v) is 1.09. The minimum atomic E-state index is -5.75. The molecule has 1 aromatic carbocycles. The van der Waals surface area contributed by atoms with Gasteiger partial charge in [-0.3, -0.25) is 0 Å². The number of benzene rings is 1. The largest absolute Gasteiger partial charge is 0.499 e. The second kappa shape index (κ2) is 5.57. The normalized spacial score (nSPS) is 11.7. The molecule has 1 nitrogen and oxygen atoms in total. The van der Waals surface area contributed by atoms with Gasteiger partial charge >= 0.3 is 12.3 Å². The van der Waals surface area contributed by atoms with Gasteiger partial charge in [-0.05, 0) is 24.3 Å². The van der Waals surface area contributed by atoms with E-state index in [0.717, 1.165) is 12.1 Å². The molecule has 18 heavy (non-hydrogen) atoms. The maximum absolute atomic E-state index is 12.5. The van der Waals surface area contributed by atoms with Crippen molar-refractivity contribution in [3.05, 3.63) is 29.8 Å². The first-order chi connectivity index (χ1) is 8.26. The summed E-state index contributed by atoms with van der Waals surface area (Å²) in [6.45, 7) is 0. The van der Waals surface area contributed by atoms with Crippen molar-refractivity contribution in [2.24, 2.45) is 0 Å². The van der Waals surface area contributed by atoms with E-state index in [1.165, 1.54) is 12.1 Å². The van der Waals surface area contributed by atoms with Gasteiger partial charge in [0, 0.05) is 5.56 Å². The highest BCUT2D eigenvalue weighted by molar-refractivity contribution is 9.09. The van der Waals surface area contributed by atoms with Crippen molar-refractivity contribution in [2.75, 3.05) is 5.33 Å². The number of hydrogen-bond donors (Lipinski definition) is 0. The van der Waals surface area contributed by atoms with Crippen LogP contribution in [-0.4, -0.2) is 17.6 Å². The summed E-state index contributed by atoms with van der Waals surface area (Å²) in [5, 5.41) is 0.428. The van der Waals surface area contributed by atoms with Gasteiger partial charge in [-0.1, -0.05) is 27.8 Å². The van der Waals surface area contributed by atoms with Gasteiger partial charge in [0.05, 0.1) is 5.33 Å². The molecule has 0 radical (unpaired) electrons. The minimum absolute atomic E-state index is 0.428. The first-order valence-electron chi connectivity index (χ1n) is 4.55. The number of hydrogen-bond acceptors (Lipinski definition) is 1. The molecule has 0 spiro atoms. The molecule has 0 aliphatic heterocycles. The molecule has 1 aromatic rings. The number of alkyl halides is 6. The van der Waals surface area contributed by atoms with Gasteiger partial charge in [0.25, 0.3) is 0 Å². The molecule has 0 atom stereocenters. The molecular weight excluding hydrogens is 323 g/mol. The second-order valence-electron chi connectivity index (χ2n) is 3.08. The van der Waals surface area contributed by atoms with Crippen LogP contribution in [0.3, 0.4) is 0 Å². The standard InChI is InChI=1S/C11H6BrF5O/c12-7-1-2-8-3-5-9(6-4-8)18-11(16,17)10(13,14)15/h3-6H,7H2. The van der Waals surface area contributed by atoms with Crippen molar-refractivity contribution in [2.45, 2.75) is 12.3 Å². The molecule has 1 rings (SSSR count). The number of rotatable bonds is 2. The predicted octanol–water partition coefficient (Wildman–Crippen LogP) is 3.97. The zero-order valence-corrected chi connectivity index (χ0v) is 10.3. The Morgan fingerprint density at radius 1 is 1.06 bits per heavy atom. The summed E-state index contributed by atoms with van der Waals surface area (Å²) in [7, 11) is 0. The predicted molar refractivity (Wildman–Crippen MR) is 58.7 cm³/mol. The maximum atomic E-state index is 12.5. The van der Waals surface area contributed by atoms with Crippen molar-refractivity contribution in [3.63, 3.8) is 0 Å². The lowest BCUT2D eigenvalue weighted by molar-refractivity contribution is -0.360. The van der Waals surface area contributed by atoms with Crippen molar-refractivity contribution < 1.29 is 26.7 Å². The molecule has 7 heteroatoms. The second-order valence-corrected chi connectivity index (χ2v) is 3.64. The zero-order valence-electron chi connectivity index (χ0n) is 8.69. The highest BCUT2D eigenvalue weighted by Gasteiger charge is 2.61. The Morgan fingerprint density at radius 2 is 1.61 bits per heavy atom. The average Bonchev–Trinajstić information content (AvgIpc) is 2.26. The monoisotopic (exact) mass is 328 g/mol. The molecular formula is C11H6BrF5O. The summed E-state index contributed by atoms with van der Waals surface area (Å²) in [5.41, 5.74) is 0.483. The fourth-order valence-electron chi connectivity index (χ4n) is 0.948. The van der Waals surface area contributed by atoms with Gasteiger partial charge in [-0.2, -0.15) is 22.0 Å². The summed E-state index contributed by atoms with van der Waals surface area (Å²) in [4.78, 5) is 0. The summed E-state index contributed by atoms with van der Waals surface area (Å²) in [6.07, 6.45) is -11.0. The molecule has 0 saturated heterocycles. The van der Waals surface area contributed by atoms with E-state index < -0.39 is 18.0 Å². The Hall–Kier alpha value is -1.29. The maximum Gasteiger partial charge on any atom is 0.499 e. The third kappa shape index (κ3) is 3.88. The first kappa shape index (κ1) is 14.8. The third-order valence-corrected chi connectivity index (χ3v) is 2.01. The van der Waals surface area contributed by atoms with Gasteiger partial charge in [-0.15, -0.1) is 0 Å².